The molecule has 0 amide bonds. The molecule has 94 valence electrons. The van der Waals surface area contributed by atoms with Crippen LogP contribution in [0.2, 0.25) is 5.02 Å². The molecule has 0 aliphatic heterocycles. The van der Waals surface area contributed by atoms with Crippen molar-refractivity contribution in [2.24, 2.45) is 0 Å². The molecule has 0 unspecified atom stereocenters. The minimum absolute atomic E-state index is 0.0874. The molecule has 2 aromatic rings. The van der Waals surface area contributed by atoms with Crippen molar-refractivity contribution in [3.63, 3.8) is 0 Å². The van der Waals surface area contributed by atoms with Crippen LogP contribution in [-0.4, -0.2) is 11.2 Å². The third-order valence-corrected chi connectivity index (χ3v) is 2.80. The largest absolute Gasteiger partial charge is 0.506 e. The Balaban J connectivity index is 2.35. The average Bonchev–Trinajstić information content (AvgIpc) is 2.32. The lowest BCUT2D eigenvalue weighted by Crippen LogP contribution is -2.05. The van der Waals surface area contributed by atoms with Gasteiger partial charge >= 0.3 is 0 Å². The number of ether oxygens (including phenoxy) is 1. The molecule has 0 radical (unpaired) electrons. The minimum atomic E-state index is 0.0874. The fourth-order valence-electron chi connectivity index (χ4n) is 1.71. The molecule has 0 spiro atoms. The maximum Gasteiger partial charge on any atom is 0.134 e. The molecule has 0 aliphatic carbocycles. The van der Waals surface area contributed by atoms with Gasteiger partial charge in [-0.15, -0.1) is 0 Å². The van der Waals surface area contributed by atoms with Crippen LogP contribution in [0.15, 0.2) is 42.5 Å². The van der Waals surface area contributed by atoms with Gasteiger partial charge in [0.1, 0.15) is 11.5 Å². The Morgan fingerprint density at radius 1 is 1.06 bits per heavy atom. The molecular weight excluding hydrogens is 248 g/mol. The highest BCUT2D eigenvalue weighted by Crippen LogP contribution is 2.31. The fourth-order valence-corrected chi connectivity index (χ4v) is 1.83. The monoisotopic (exact) mass is 262 g/mol. The van der Waals surface area contributed by atoms with Gasteiger partial charge in [-0.05, 0) is 49.2 Å². The molecule has 1 N–H and O–H groups in total. The number of rotatable bonds is 3. The van der Waals surface area contributed by atoms with E-state index in [2.05, 4.69) is 0 Å². The van der Waals surface area contributed by atoms with Gasteiger partial charge in [0.15, 0.2) is 0 Å². The van der Waals surface area contributed by atoms with Crippen molar-refractivity contribution in [2.75, 3.05) is 0 Å². The third kappa shape index (κ3) is 2.96. The predicted octanol–water partition coefficient (Wildman–Crippen LogP) is 4.50. The molecule has 2 rings (SSSR count). The summed E-state index contributed by atoms with van der Waals surface area (Å²) in [5.74, 6) is 0.904. The van der Waals surface area contributed by atoms with Gasteiger partial charge in [-0.25, -0.2) is 0 Å². The summed E-state index contributed by atoms with van der Waals surface area (Å²) in [6.45, 7) is 3.97. The molecule has 18 heavy (non-hydrogen) atoms. The van der Waals surface area contributed by atoms with E-state index in [1.165, 1.54) is 0 Å². The van der Waals surface area contributed by atoms with Gasteiger partial charge in [-0.3, -0.25) is 0 Å². The first-order valence-corrected chi connectivity index (χ1v) is 6.19. The number of benzene rings is 2. The number of hydrogen-bond donors (Lipinski definition) is 1. The number of phenols is 1. The number of hydrogen-bond acceptors (Lipinski definition) is 2. The molecule has 0 fully saturated rings. The zero-order valence-corrected chi connectivity index (χ0v) is 11.1. The SMILES string of the molecule is CC(C)Oc1cccc(-c2ccc(Cl)c(O)c2)c1. The van der Waals surface area contributed by atoms with Crippen LogP contribution in [0.25, 0.3) is 11.1 Å². The first-order chi connectivity index (χ1) is 8.56. The molecule has 0 heterocycles. The molecule has 0 bridgehead atoms. The van der Waals surface area contributed by atoms with E-state index in [4.69, 9.17) is 16.3 Å². The van der Waals surface area contributed by atoms with Gasteiger partial charge in [0, 0.05) is 0 Å². The highest BCUT2D eigenvalue weighted by Gasteiger charge is 2.04. The highest BCUT2D eigenvalue weighted by atomic mass is 35.5. The summed E-state index contributed by atoms with van der Waals surface area (Å²) < 4.78 is 5.64. The second-order valence-corrected chi connectivity index (χ2v) is 4.77. The van der Waals surface area contributed by atoms with E-state index in [1.54, 1.807) is 12.1 Å². The second-order valence-electron chi connectivity index (χ2n) is 4.36. The Morgan fingerprint density at radius 2 is 1.78 bits per heavy atom. The minimum Gasteiger partial charge on any atom is -0.506 e. The molecule has 2 aromatic carbocycles. The van der Waals surface area contributed by atoms with E-state index >= 15 is 0 Å². The van der Waals surface area contributed by atoms with Crippen molar-refractivity contribution in [1.29, 1.82) is 0 Å². The number of aromatic hydroxyl groups is 1. The molecule has 0 saturated carbocycles. The van der Waals surface area contributed by atoms with Crippen LogP contribution in [0.3, 0.4) is 0 Å². The third-order valence-electron chi connectivity index (χ3n) is 2.49. The van der Waals surface area contributed by atoms with Crippen molar-refractivity contribution < 1.29 is 9.84 Å². The first-order valence-electron chi connectivity index (χ1n) is 5.82. The van der Waals surface area contributed by atoms with Crippen molar-refractivity contribution >= 4 is 11.6 Å². The standard InChI is InChI=1S/C15H15ClO2/c1-10(2)18-13-5-3-4-11(8-13)12-6-7-14(16)15(17)9-12/h3-10,17H,1-2H3. The van der Waals surface area contributed by atoms with E-state index in [9.17, 15) is 5.11 Å². The van der Waals surface area contributed by atoms with E-state index in [1.807, 2.05) is 44.2 Å². The molecule has 2 nitrogen and oxygen atoms in total. The van der Waals surface area contributed by atoms with Gasteiger partial charge < -0.3 is 9.84 Å². The zero-order valence-electron chi connectivity index (χ0n) is 10.4. The summed E-state index contributed by atoms with van der Waals surface area (Å²) in [4.78, 5) is 0. The summed E-state index contributed by atoms with van der Waals surface area (Å²) in [7, 11) is 0. The van der Waals surface area contributed by atoms with Crippen molar-refractivity contribution in [3.05, 3.63) is 47.5 Å². The number of phenolic OH excluding ortho intramolecular Hbond substituents is 1. The molecule has 3 heteroatoms. The van der Waals surface area contributed by atoms with E-state index in [0.717, 1.165) is 16.9 Å². The van der Waals surface area contributed by atoms with Gasteiger partial charge in [0.25, 0.3) is 0 Å². The summed E-state index contributed by atoms with van der Waals surface area (Å²) in [6, 6.07) is 13.0. The predicted molar refractivity (Wildman–Crippen MR) is 74.3 cm³/mol. The van der Waals surface area contributed by atoms with Crippen molar-refractivity contribution in [1.82, 2.24) is 0 Å². The van der Waals surface area contributed by atoms with E-state index < -0.39 is 0 Å². The van der Waals surface area contributed by atoms with Crippen molar-refractivity contribution in [3.8, 4) is 22.6 Å². The zero-order chi connectivity index (χ0) is 13.1. The van der Waals surface area contributed by atoms with E-state index in [0.29, 0.717) is 5.02 Å². The van der Waals surface area contributed by atoms with Crippen LogP contribution in [0.1, 0.15) is 13.8 Å². The van der Waals surface area contributed by atoms with Gasteiger partial charge in [-0.1, -0.05) is 29.8 Å². The molecule has 0 aliphatic rings. The van der Waals surface area contributed by atoms with Crippen LogP contribution >= 0.6 is 11.6 Å². The Bertz CT molecular complexity index is 550. The highest BCUT2D eigenvalue weighted by molar-refractivity contribution is 6.32. The van der Waals surface area contributed by atoms with E-state index in [-0.39, 0.29) is 11.9 Å². The van der Waals surface area contributed by atoms with Gasteiger partial charge in [0.05, 0.1) is 11.1 Å². The molecule has 0 saturated heterocycles. The topological polar surface area (TPSA) is 29.5 Å². The average molecular weight is 263 g/mol. The van der Waals surface area contributed by atoms with Gasteiger partial charge in [0.2, 0.25) is 0 Å². The normalized spacial score (nSPS) is 10.7. The van der Waals surface area contributed by atoms with Crippen LogP contribution < -0.4 is 4.74 Å². The summed E-state index contributed by atoms with van der Waals surface area (Å²) >= 11 is 5.79. The van der Waals surface area contributed by atoms with Gasteiger partial charge in [-0.2, -0.15) is 0 Å². The lowest BCUT2D eigenvalue weighted by molar-refractivity contribution is 0.242. The summed E-state index contributed by atoms with van der Waals surface area (Å²) in [6.07, 6.45) is 0.138. The number of halogens is 1. The maximum atomic E-state index is 9.61. The Hall–Kier alpha value is -1.67. The smallest absolute Gasteiger partial charge is 0.134 e. The summed E-state index contributed by atoms with van der Waals surface area (Å²) in [5, 5.41) is 9.97. The second kappa shape index (κ2) is 5.32. The molecule has 0 aromatic heterocycles. The maximum absolute atomic E-state index is 9.61. The van der Waals surface area contributed by atoms with Crippen LogP contribution in [0.4, 0.5) is 0 Å². The quantitative estimate of drug-likeness (QED) is 0.882. The Kier molecular flexibility index (Phi) is 3.78. The first kappa shape index (κ1) is 12.8. The lowest BCUT2D eigenvalue weighted by atomic mass is 10.1. The van der Waals surface area contributed by atoms with Crippen LogP contribution in [-0.2, 0) is 0 Å². The molecule has 0 atom stereocenters. The molecular formula is C15H15ClO2. The summed E-state index contributed by atoms with van der Waals surface area (Å²) in [5.41, 5.74) is 1.89. The van der Waals surface area contributed by atoms with Crippen LogP contribution in [0.5, 0.6) is 11.5 Å². The van der Waals surface area contributed by atoms with Crippen molar-refractivity contribution in [2.45, 2.75) is 20.0 Å². The lowest BCUT2D eigenvalue weighted by Gasteiger charge is -2.11. The fraction of sp³-hybridized carbons (Fsp3) is 0.200. The van der Waals surface area contributed by atoms with Crippen LogP contribution in [0, 0.1) is 0 Å². The Labute approximate surface area is 112 Å². The Morgan fingerprint density at radius 3 is 2.44 bits per heavy atom.